The first-order valence-electron chi connectivity index (χ1n) is 12.3. The Labute approximate surface area is 221 Å². The summed E-state index contributed by atoms with van der Waals surface area (Å²) < 4.78 is 0. The summed E-state index contributed by atoms with van der Waals surface area (Å²) in [6.45, 7) is 3.97. The highest BCUT2D eigenvalue weighted by Gasteiger charge is 2.32. The quantitative estimate of drug-likeness (QED) is 0.373. The molecule has 0 spiro atoms. The summed E-state index contributed by atoms with van der Waals surface area (Å²) in [7, 11) is 1.57. The third-order valence-electron chi connectivity index (χ3n) is 6.20. The largest absolute Gasteiger partial charge is 0.344 e. The number of hydrogen-bond acceptors (Lipinski definition) is 5. The van der Waals surface area contributed by atoms with Crippen LogP contribution in [-0.4, -0.2) is 36.5 Å². The van der Waals surface area contributed by atoms with Crippen LogP contribution in [0.15, 0.2) is 60.0 Å². The van der Waals surface area contributed by atoms with Crippen molar-refractivity contribution < 1.29 is 14.4 Å². The molecule has 0 aliphatic carbocycles. The molecule has 0 saturated carbocycles. The van der Waals surface area contributed by atoms with Gasteiger partial charge in [0, 0.05) is 29.4 Å². The first-order chi connectivity index (χ1) is 17.6. The zero-order valence-corrected chi connectivity index (χ0v) is 22.2. The Morgan fingerprint density at radius 2 is 1.84 bits per heavy atom. The van der Waals surface area contributed by atoms with Crippen LogP contribution in [0.4, 0.5) is 16.2 Å². The molecule has 2 heterocycles. The molecule has 1 atom stereocenters. The lowest BCUT2D eigenvalue weighted by Crippen LogP contribution is -2.49. The molecule has 0 fully saturated rings. The van der Waals surface area contributed by atoms with Gasteiger partial charge in [-0.05, 0) is 55.3 Å². The fraction of sp³-hybridized carbons (Fsp3) is 0.321. The number of urea groups is 1. The summed E-state index contributed by atoms with van der Waals surface area (Å²) in [5.41, 5.74) is 9.77. The van der Waals surface area contributed by atoms with E-state index in [0.29, 0.717) is 18.7 Å². The fourth-order valence-corrected chi connectivity index (χ4v) is 5.32. The van der Waals surface area contributed by atoms with Crippen LogP contribution in [-0.2, 0) is 22.6 Å². The van der Waals surface area contributed by atoms with Crippen LogP contribution in [0.5, 0.6) is 0 Å². The van der Waals surface area contributed by atoms with Crippen LogP contribution in [0, 0.1) is 0 Å². The second kappa shape index (κ2) is 11.1. The molecule has 9 heteroatoms. The zero-order chi connectivity index (χ0) is 26.6. The number of nitrogens with zero attached hydrogens (tertiary/aromatic N) is 1. The van der Waals surface area contributed by atoms with Gasteiger partial charge < -0.3 is 26.6 Å². The second-order valence-corrected chi connectivity index (χ2v) is 10.9. The van der Waals surface area contributed by atoms with E-state index in [1.165, 1.54) is 0 Å². The van der Waals surface area contributed by atoms with Gasteiger partial charge in [-0.15, -0.1) is 11.3 Å². The summed E-state index contributed by atoms with van der Waals surface area (Å²) in [6, 6.07) is 16.6. The lowest BCUT2D eigenvalue weighted by molar-refractivity contribution is -0.128. The van der Waals surface area contributed by atoms with E-state index in [-0.39, 0.29) is 24.3 Å². The van der Waals surface area contributed by atoms with Gasteiger partial charge in [-0.2, -0.15) is 0 Å². The van der Waals surface area contributed by atoms with Crippen molar-refractivity contribution in [3.8, 4) is 11.1 Å². The summed E-state index contributed by atoms with van der Waals surface area (Å²) in [5.74, 6) is -0.339. The van der Waals surface area contributed by atoms with E-state index in [0.717, 1.165) is 33.7 Å². The van der Waals surface area contributed by atoms with E-state index in [2.05, 4.69) is 16.0 Å². The number of thiophene rings is 1. The standard InChI is InChI=1S/C28H33N5O3S/c1-28(2,29)16-25(34)31-22-12-13-24-23(14-15-37-24)33(26(22)35)17-18-8-10-19(11-9-18)20-6-4-5-7-21(20)32-27(36)30-3/h4-11,14-15,22H,12-13,16-17,29H2,1-3H3,(H,31,34)(H2,30,32,36)/t22-/m1/s1. The predicted octanol–water partition coefficient (Wildman–Crippen LogP) is 4.26. The highest BCUT2D eigenvalue weighted by Crippen LogP contribution is 2.34. The van der Waals surface area contributed by atoms with E-state index in [1.807, 2.05) is 60.0 Å². The number of amides is 4. The number of rotatable bonds is 7. The predicted molar refractivity (Wildman–Crippen MR) is 149 cm³/mol. The van der Waals surface area contributed by atoms with Gasteiger partial charge in [0.15, 0.2) is 0 Å². The summed E-state index contributed by atoms with van der Waals surface area (Å²) in [6.07, 6.45) is 1.42. The SMILES string of the molecule is CNC(=O)Nc1ccccc1-c1ccc(CN2C(=O)[C@H](NC(=O)CC(C)(C)N)CCc3sccc32)cc1. The van der Waals surface area contributed by atoms with Crippen LogP contribution < -0.4 is 26.6 Å². The van der Waals surface area contributed by atoms with Gasteiger partial charge >= 0.3 is 6.03 Å². The highest BCUT2D eigenvalue weighted by molar-refractivity contribution is 7.10. The Bertz CT molecular complexity index is 1280. The zero-order valence-electron chi connectivity index (χ0n) is 21.3. The maximum Gasteiger partial charge on any atom is 0.318 e. The smallest absolute Gasteiger partial charge is 0.318 e. The van der Waals surface area contributed by atoms with Crippen molar-refractivity contribution in [2.75, 3.05) is 17.3 Å². The molecule has 1 aromatic heterocycles. The number of anilines is 2. The molecule has 8 nitrogen and oxygen atoms in total. The van der Waals surface area contributed by atoms with Crippen molar-refractivity contribution in [1.82, 2.24) is 10.6 Å². The van der Waals surface area contributed by atoms with Gasteiger partial charge in [-0.25, -0.2) is 4.79 Å². The molecular weight excluding hydrogens is 486 g/mol. The molecule has 2 aromatic carbocycles. The Morgan fingerprint density at radius 3 is 2.54 bits per heavy atom. The van der Waals surface area contributed by atoms with Crippen molar-refractivity contribution in [3.05, 3.63) is 70.4 Å². The van der Waals surface area contributed by atoms with Gasteiger partial charge in [0.1, 0.15) is 6.04 Å². The van der Waals surface area contributed by atoms with Crippen LogP contribution in [0.1, 0.15) is 37.1 Å². The molecule has 37 heavy (non-hydrogen) atoms. The number of hydrogen-bond donors (Lipinski definition) is 4. The molecule has 5 N–H and O–H groups in total. The topological polar surface area (TPSA) is 117 Å². The normalized spacial score (nSPS) is 15.5. The van der Waals surface area contributed by atoms with Crippen molar-refractivity contribution >= 4 is 40.6 Å². The summed E-state index contributed by atoms with van der Waals surface area (Å²) >= 11 is 1.63. The van der Waals surface area contributed by atoms with Crippen molar-refractivity contribution in [1.29, 1.82) is 0 Å². The maximum atomic E-state index is 13.6. The van der Waals surface area contributed by atoms with E-state index >= 15 is 0 Å². The first-order valence-corrected chi connectivity index (χ1v) is 13.2. The van der Waals surface area contributed by atoms with Gasteiger partial charge in [-0.1, -0.05) is 42.5 Å². The number of para-hydroxylation sites is 1. The summed E-state index contributed by atoms with van der Waals surface area (Å²) in [5, 5.41) is 10.3. The number of aryl methyl sites for hydroxylation is 1. The number of carbonyl (C=O) groups is 3. The molecule has 0 saturated heterocycles. The molecule has 1 aliphatic rings. The van der Waals surface area contributed by atoms with Gasteiger partial charge in [0.05, 0.1) is 17.9 Å². The first kappa shape index (κ1) is 26.4. The van der Waals surface area contributed by atoms with Crippen molar-refractivity contribution in [3.63, 3.8) is 0 Å². The van der Waals surface area contributed by atoms with Gasteiger partial charge in [0.25, 0.3) is 0 Å². The molecule has 3 aromatic rings. The molecule has 0 unspecified atom stereocenters. The Morgan fingerprint density at radius 1 is 1.11 bits per heavy atom. The molecule has 0 bridgehead atoms. The monoisotopic (exact) mass is 519 g/mol. The minimum absolute atomic E-state index is 0.121. The van der Waals surface area contributed by atoms with E-state index in [9.17, 15) is 14.4 Å². The van der Waals surface area contributed by atoms with Crippen LogP contribution in [0.2, 0.25) is 0 Å². The fourth-order valence-electron chi connectivity index (χ4n) is 4.42. The molecule has 1 aliphatic heterocycles. The van der Waals surface area contributed by atoms with E-state index in [1.54, 1.807) is 37.1 Å². The third kappa shape index (κ3) is 6.55. The number of carbonyl (C=O) groups excluding carboxylic acids is 3. The van der Waals surface area contributed by atoms with Crippen molar-refractivity contribution in [2.45, 2.75) is 51.2 Å². The molecule has 0 radical (unpaired) electrons. The second-order valence-electron chi connectivity index (χ2n) is 9.92. The average Bonchev–Trinajstić information content (AvgIpc) is 3.28. The molecular formula is C28H33N5O3S. The van der Waals surface area contributed by atoms with Crippen molar-refractivity contribution in [2.24, 2.45) is 5.73 Å². The number of nitrogens with two attached hydrogens (primary N) is 1. The van der Waals surface area contributed by atoms with E-state index < -0.39 is 11.6 Å². The number of benzene rings is 2. The third-order valence-corrected chi connectivity index (χ3v) is 7.17. The molecule has 4 amide bonds. The Kier molecular flexibility index (Phi) is 7.94. The van der Waals surface area contributed by atoms with Gasteiger partial charge in [-0.3, -0.25) is 9.59 Å². The minimum Gasteiger partial charge on any atom is -0.344 e. The van der Waals surface area contributed by atoms with Crippen LogP contribution in [0.25, 0.3) is 11.1 Å². The van der Waals surface area contributed by atoms with Crippen LogP contribution in [0.3, 0.4) is 0 Å². The van der Waals surface area contributed by atoms with Gasteiger partial charge in [0.2, 0.25) is 11.8 Å². The number of fused-ring (bicyclic) bond motifs is 1. The summed E-state index contributed by atoms with van der Waals surface area (Å²) in [4.78, 5) is 40.9. The van der Waals surface area contributed by atoms with Crippen LogP contribution >= 0.6 is 11.3 Å². The molecule has 4 rings (SSSR count). The maximum absolute atomic E-state index is 13.6. The lowest BCUT2D eigenvalue weighted by atomic mass is 10.0. The Hall–Kier alpha value is -3.69. The highest BCUT2D eigenvalue weighted by atomic mass is 32.1. The minimum atomic E-state index is -0.646. The number of nitrogens with one attached hydrogen (secondary N) is 3. The Balaban J connectivity index is 1.55. The lowest BCUT2D eigenvalue weighted by Gasteiger charge is -2.26. The average molecular weight is 520 g/mol. The molecule has 194 valence electrons. The van der Waals surface area contributed by atoms with E-state index in [4.69, 9.17) is 5.73 Å².